The van der Waals surface area contributed by atoms with Crippen LogP contribution in [0.1, 0.15) is 28.9 Å². The van der Waals surface area contributed by atoms with E-state index in [0.717, 1.165) is 11.3 Å². The van der Waals surface area contributed by atoms with Crippen LogP contribution in [0.2, 0.25) is 0 Å². The first-order valence-corrected chi connectivity index (χ1v) is 7.04. The highest BCUT2D eigenvalue weighted by atomic mass is 32.1. The molecule has 0 spiro atoms. The van der Waals surface area contributed by atoms with Crippen molar-refractivity contribution >= 4 is 33.3 Å². The van der Waals surface area contributed by atoms with Crippen molar-refractivity contribution in [3.8, 4) is 0 Å². The Morgan fingerprint density at radius 2 is 2.00 bits per heavy atom. The molecule has 0 saturated heterocycles. The number of hydrogen-bond acceptors (Lipinski definition) is 5. The number of unbranched alkanes of at least 4 members (excludes halogenated alkanes) is 1. The SMILES string of the molecule is Nc1c(C(=O)NCCCCC(F)(F)F)sc2nccnc12. The zero-order chi connectivity index (χ0) is 15.5. The summed E-state index contributed by atoms with van der Waals surface area (Å²) < 4.78 is 35.9. The van der Waals surface area contributed by atoms with Gasteiger partial charge in [-0.05, 0) is 12.8 Å². The fraction of sp³-hybridized carbons (Fsp3) is 0.417. The van der Waals surface area contributed by atoms with Crippen LogP contribution in [-0.2, 0) is 0 Å². The molecule has 2 heterocycles. The zero-order valence-corrected chi connectivity index (χ0v) is 11.7. The van der Waals surface area contributed by atoms with Crippen LogP contribution in [0.3, 0.4) is 0 Å². The molecule has 1 amide bonds. The molecule has 0 radical (unpaired) electrons. The van der Waals surface area contributed by atoms with Gasteiger partial charge in [-0.3, -0.25) is 4.79 Å². The summed E-state index contributed by atoms with van der Waals surface area (Å²) in [6.45, 7) is 0.170. The topological polar surface area (TPSA) is 80.9 Å². The molecule has 2 aromatic heterocycles. The summed E-state index contributed by atoms with van der Waals surface area (Å²) in [5.74, 6) is -0.413. The van der Waals surface area contributed by atoms with Gasteiger partial charge in [-0.25, -0.2) is 9.97 Å². The van der Waals surface area contributed by atoms with Crippen molar-refractivity contribution in [3.63, 3.8) is 0 Å². The Morgan fingerprint density at radius 1 is 1.29 bits per heavy atom. The third kappa shape index (κ3) is 4.03. The molecular weight excluding hydrogens is 305 g/mol. The van der Waals surface area contributed by atoms with E-state index in [1.54, 1.807) is 0 Å². The Balaban J connectivity index is 1.89. The van der Waals surface area contributed by atoms with Crippen molar-refractivity contribution in [1.82, 2.24) is 15.3 Å². The molecule has 2 rings (SSSR count). The maximum absolute atomic E-state index is 12.0. The summed E-state index contributed by atoms with van der Waals surface area (Å²) in [6, 6.07) is 0. The highest BCUT2D eigenvalue weighted by molar-refractivity contribution is 7.21. The van der Waals surface area contributed by atoms with Crippen LogP contribution in [0.4, 0.5) is 18.9 Å². The number of carbonyl (C=O) groups is 1. The molecule has 0 bridgehead atoms. The number of nitrogens with two attached hydrogens (primary N) is 1. The van der Waals surface area contributed by atoms with Gasteiger partial charge in [0.05, 0.1) is 5.69 Å². The van der Waals surface area contributed by atoms with Crippen LogP contribution in [-0.4, -0.2) is 28.6 Å². The largest absolute Gasteiger partial charge is 0.396 e. The van der Waals surface area contributed by atoms with E-state index in [4.69, 9.17) is 5.73 Å². The second-order valence-electron chi connectivity index (χ2n) is 4.38. The molecule has 0 fully saturated rings. The number of nitrogens with zero attached hydrogens (tertiary/aromatic N) is 2. The Hall–Kier alpha value is -1.90. The van der Waals surface area contributed by atoms with Crippen molar-refractivity contribution < 1.29 is 18.0 Å². The number of rotatable bonds is 5. The monoisotopic (exact) mass is 318 g/mol. The number of aromatic nitrogens is 2. The average molecular weight is 318 g/mol. The van der Waals surface area contributed by atoms with Crippen molar-refractivity contribution in [2.45, 2.75) is 25.4 Å². The predicted molar refractivity (Wildman–Crippen MR) is 74.1 cm³/mol. The third-order valence-corrected chi connectivity index (χ3v) is 3.84. The van der Waals surface area contributed by atoms with Crippen molar-refractivity contribution in [3.05, 3.63) is 17.3 Å². The lowest BCUT2D eigenvalue weighted by atomic mass is 10.2. The summed E-state index contributed by atoms with van der Waals surface area (Å²) in [4.78, 5) is 20.9. The number of hydrogen-bond donors (Lipinski definition) is 2. The smallest absolute Gasteiger partial charge is 0.389 e. The summed E-state index contributed by atoms with van der Waals surface area (Å²) in [5.41, 5.74) is 6.53. The summed E-state index contributed by atoms with van der Waals surface area (Å²) in [6.07, 6.45) is -1.79. The second-order valence-corrected chi connectivity index (χ2v) is 5.38. The standard InChI is InChI=1S/C12H13F3N4OS/c13-12(14,15)3-1-2-4-18-10(20)9-7(16)8-11(21-9)19-6-5-17-8/h5-6H,1-4,16H2,(H,18,20). The quantitative estimate of drug-likeness (QED) is 0.831. The van der Waals surface area contributed by atoms with Crippen LogP contribution < -0.4 is 11.1 Å². The molecule has 21 heavy (non-hydrogen) atoms. The van der Waals surface area contributed by atoms with E-state index in [0.29, 0.717) is 10.3 Å². The molecule has 9 heteroatoms. The summed E-state index contributed by atoms with van der Waals surface area (Å²) in [7, 11) is 0. The number of fused-ring (bicyclic) bond motifs is 1. The maximum atomic E-state index is 12.0. The second kappa shape index (κ2) is 6.25. The number of nitrogen functional groups attached to an aromatic ring is 1. The highest BCUT2D eigenvalue weighted by Crippen LogP contribution is 2.30. The van der Waals surface area contributed by atoms with Crippen LogP contribution >= 0.6 is 11.3 Å². The number of amides is 1. The van der Waals surface area contributed by atoms with Gasteiger partial charge in [-0.15, -0.1) is 11.3 Å². The Bertz CT molecular complexity index is 641. The first-order valence-electron chi connectivity index (χ1n) is 6.22. The van der Waals surface area contributed by atoms with Gasteiger partial charge in [0.25, 0.3) is 5.91 Å². The predicted octanol–water partition coefficient (Wildman–Crippen LogP) is 2.74. The van der Waals surface area contributed by atoms with Gasteiger partial charge < -0.3 is 11.1 Å². The molecule has 3 N–H and O–H groups in total. The molecule has 0 aromatic carbocycles. The molecule has 0 atom stereocenters. The van der Waals surface area contributed by atoms with Crippen LogP contribution in [0, 0.1) is 0 Å². The molecule has 2 aromatic rings. The van der Waals surface area contributed by atoms with Crippen molar-refractivity contribution in [2.24, 2.45) is 0 Å². The van der Waals surface area contributed by atoms with Gasteiger partial charge in [-0.1, -0.05) is 0 Å². The maximum Gasteiger partial charge on any atom is 0.389 e. The Morgan fingerprint density at radius 3 is 2.67 bits per heavy atom. The first kappa shape index (κ1) is 15.5. The normalized spacial score (nSPS) is 11.8. The lowest BCUT2D eigenvalue weighted by Crippen LogP contribution is -2.24. The number of nitrogens with one attached hydrogen (secondary N) is 1. The minimum atomic E-state index is -4.16. The lowest BCUT2D eigenvalue weighted by Gasteiger charge is -2.06. The van der Waals surface area contributed by atoms with Crippen molar-refractivity contribution in [1.29, 1.82) is 0 Å². The van der Waals surface area contributed by atoms with Gasteiger partial charge in [0.15, 0.2) is 0 Å². The van der Waals surface area contributed by atoms with E-state index in [1.165, 1.54) is 12.4 Å². The number of alkyl halides is 3. The molecule has 5 nitrogen and oxygen atoms in total. The molecule has 0 saturated carbocycles. The molecular formula is C12H13F3N4OS. The van der Waals surface area contributed by atoms with E-state index < -0.39 is 18.5 Å². The summed E-state index contributed by atoms with van der Waals surface area (Å²) >= 11 is 1.11. The number of halogens is 3. The van der Waals surface area contributed by atoms with Gasteiger partial charge >= 0.3 is 6.18 Å². The van der Waals surface area contributed by atoms with Gasteiger partial charge in [0, 0.05) is 25.4 Å². The van der Waals surface area contributed by atoms with Gasteiger partial charge in [0.2, 0.25) is 0 Å². The van der Waals surface area contributed by atoms with Crippen molar-refractivity contribution in [2.75, 3.05) is 12.3 Å². The van der Waals surface area contributed by atoms with Crippen LogP contribution in [0.15, 0.2) is 12.4 Å². The number of anilines is 1. The van der Waals surface area contributed by atoms with E-state index >= 15 is 0 Å². The third-order valence-electron chi connectivity index (χ3n) is 2.74. The van der Waals surface area contributed by atoms with Gasteiger partial charge in [0.1, 0.15) is 15.2 Å². The summed E-state index contributed by atoms with van der Waals surface area (Å²) in [5, 5.41) is 2.56. The molecule has 0 unspecified atom stereocenters. The fourth-order valence-electron chi connectivity index (χ4n) is 1.75. The van der Waals surface area contributed by atoms with Gasteiger partial charge in [-0.2, -0.15) is 13.2 Å². The average Bonchev–Trinajstić information content (AvgIpc) is 2.75. The number of thiophene rings is 1. The van der Waals surface area contributed by atoms with Crippen LogP contribution in [0.25, 0.3) is 10.3 Å². The van der Waals surface area contributed by atoms with Crippen LogP contribution in [0.5, 0.6) is 0 Å². The zero-order valence-electron chi connectivity index (χ0n) is 10.9. The Labute approximate surface area is 122 Å². The van der Waals surface area contributed by atoms with E-state index in [1.807, 2.05) is 0 Å². The number of carbonyl (C=O) groups excluding carboxylic acids is 1. The Kier molecular flexibility index (Phi) is 4.61. The lowest BCUT2D eigenvalue weighted by molar-refractivity contribution is -0.135. The first-order chi connectivity index (χ1) is 9.88. The van der Waals surface area contributed by atoms with E-state index in [2.05, 4.69) is 15.3 Å². The highest BCUT2D eigenvalue weighted by Gasteiger charge is 2.25. The molecule has 114 valence electrons. The fourth-order valence-corrected chi connectivity index (χ4v) is 2.68. The molecule has 0 aliphatic heterocycles. The molecule has 0 aliphatic rings. The minimum Gasteiger partial charge on any atom is -0.396 e. The van der Waals surface area contributed by atoms with E-state index in [-0.39, 0.29) is 30.0 Å². The molecule has 0 aliphatic carbocycles. The van der Waals surface area contributed by atoms with E-state index in [9.17, 15) is 18.0 Å². The minimum absolute atomic E-state index is 0.0191.